The second-order valence-electron chi connectivity index (χ2n) is 5.71. The molecule has 24 heavy (non-hydrogen) atoms. The third kappa shape index (κ3) is 4.55. The molecule has 0 saturated heterocycles. The number of hydrogen-bond donors (Lipinski definition) is 1. The molecular formula is C19H22O5. The SMILES string of the molecule is C=CCC1CC(O)CC(=O)/C=C/Cc2cccc(OC)c2C(=O)O1. The number of methoxy groups -OCH3 is 1. The number of aliphatic hydroxyl groups excluding tert-OH is 1. The molecule has 2 rings (SSSR count). The lowest BCUT2D eigenvalue weighted by atomic mass is 10.00. The molecular weight excluding hydrogens is 308 g/mol. The molecule has 2 atom stereocenters. The van der Waals surface area contributed by atoms with Crippen LogP contribution in [0.1, 0.15) is 35.2 Å². The largest absolute Gasteiger partial charge is 0.496 e. The Morgan fingerprint density at radius 2 is 2.21 bits per heavy atom. The van der Waals surface area contributed by atoms with Gasteiger partial charge in [-0.15, -0.1) is 6.58 Å². The second kappa shape index (κ2) is 8.45. The van der Waals surface area contributed by atoms with E-state index < -0.39 is 18.2 Å². The normalized spacial score (nSPS) is 23.2. The molecule has 1 aliphatic rings. The van der Waals surface area contributed by atoms with Gasteiger partial charge < -0.3 is 14.6 Å². The summed E-state index contributed by atoms with van der Waals surface area (Å²) >= 11 is 0. The summed E-state index contributed by atoms with van der Waals surface area (Å²) in [7, 11) is 1.49. The first-order valence-corrected chi connectivity index (χ1v) is 7.90. The number of allylic oxidation sites excluding steroid dienone is 2. The number of rotatable bonds is 3. The van der Waals surface area contributed by atoms with Crippen LogP contribution in [0.4, 0.5) is 0 Å². The number of fused-ring (bicyclic) bond motifs is 1. The number of ketones is 1. The van der Waals surface area contributed by atoms with Crippen molar-refractivity contribution >= 4 is 11.8 Å². The Labute approximate surface area is 141 Å². The van der Waals surface area contributed by atoms with Crippen LogP contribution in [0, 0.1) is 0 Å². The molecule has 2 unspecified atom stereocenters. The molecule has 1 aliphatic heterocycles. The number of esters is 1. The lowest BCUT2D eigenvalue weighted by molar-refractivity contribution is -0.116. The maximum atomic E-state index is 12.6. The number of carbonyl (C=O) groups excluding carboxylic acids is 2. The van der Waals surface area contributed by atoms with E-state index in [0.717, 1.165) is 5.56 Å². The fourth-order valence-electron chi connectivity index (χ4n) is 2.74. The average Bonchev–Trinajstić information content (AvgIpc) is 2.53. The van der Waals surface area contributed by atoms with Crippen molar-refractivity contribution in [3.8, 4) is 5.75 Å². The molecule has 128 valence electrons. The molecule has 0 aromatic heterocycles. The summed E-state index contributed by atoms with van der Waals surface area (Å²) in [6, 6.07) is 5.28. The van der Waals surface area contributed by atoms with Crippen molar-refractivity contribution in [2.45, 2.75) is 37.9 Å². The van der Waals surface area contributed by atoms with Gasteiger partial charge in [-0.1, -0.05) is 24.3 Å². The lowest BCUT2D eigenvalue weighted by Crippen LogP contribution is -2.26. The molecule has 0 radical (unpaired) electrons. The maximum absolute atomic E-state index is 12.6. The first-order valence-electron chi connectivity index (χ1n) is 7.90. The molecule has 0 saturated carbocycles. The van der Waals surface area contributed by atoms with E-state index in [1.165, 1.54) is 13.2 Å². The molecule has 1 aromatic carbocycles. The predicted molar refractivity (Wildman–Crippen MR) is 90.1 cm³/mol. The van der Waals surface area contributed by atoms with Crippen molar-refractivity contribution < 1.29 is 24.2 Å². The van der Waals surface area contributed by atoms with Gasteiger partial charge in [0.05, 0.1) is 13.2 Å². The summed E-state index contributed by atoms with van der Waals surface area (Å²) in [5.74, 6) is -0.231. The van der Waals surface area contributed by atoms with Gasteiger partial charge in [0.2, 0.25) is 0 Å². The Morgan fingerprint density at radius 1 is 1.42 bits per heavy atom. The number of cyclic esters (lactones) is 1. The third-order valence-electron chi connectivity index (χ3n) is 3.85. The molecule has 1 aromatic rings. The van der Waals surface area contributed by atoms with Crippen molar-refractivity contribution in [2.24, 2.45) is 0 Å². The van der Waals surface area contributed by atoms with Crippen LogP contribution in [0.25, 0.3) is 0 Å². The van der Waals surface area contributed by atoms with Crippen molar-refractivity contribution in [1.29, 1.82) is 0 Å². The standard InChI is InChI=1S/C19H22O5/c1-3-6-16-12-15(21)11-14(20)9-4-7-13-8-5-10-17(23-2)18(13)19(22)24-16/h3-5,8-10,15-16,21H,1,6-7,11-12H2,2H3/b9-4+. The Morgan fingerprint density at radius 3 is 2.92 bits per heavy atom. The van der Waals surface area contributed by atoms with Crippen molar-refractivity contribution in [2.75, 3.05) is 7.11 Å². The zero-order valence-corrected chi connectivity index (χ0v) is 13.7. The van der Waals surface area contributed by atoms with Crippen LogP contribution in [0.2, 0.25) is 0 Å². The van der Waals surface area contributed by atoms with Crippen LogP contribution < -0.4 is 4.74 Å². The molecule has 0 spiro atoms. The summed E-state index contributed by atoms with van der Waals surface area (Å²) in [5.41, 5.74) is 1.07. The van der Waals surface area contributed by atoms with Crippen LogP contribution in [0.3, 0.4) is 0 Å². The minimum absolute atomic E-state index is 0.00661. The van der Waals surface area contributed by atoms with E-state index in [0.29, 0.717) is 24.2 Å². The van der Waals surface area contributed by atoms with Crippen LogP contribution in [0.5, 0.6) is 5.75 Å². The lowest BCUT2D eigenvalue weighted by Gasteiger charge is -2.21. The zero-order valence-electron chi connectivity index (χ0n) is 13.7. The minimum atomic E-state index is -0.864. The smallest absolute Gasteiger partial charge is 0.342 e. The highest BCUT2D eigenvalue weighted by atomic mass is 16.5. The maximum Gasteiger partial charge on any atom is 0.342 e. The number of benzene rings is 1. The predicted octanol–water partition coefficient (Wildman–Crippen LogP) is 2.62. The van der Waals surface area contributed by atoms with Gasteiger partial charge in [0.1, 0.15) is 17.4 Å². The zero-order chi connectivity index (χ0) is 17.5. The Balaban J connectivity index is 2.42. The molecule has 1 N–H and O–H groups in total. The molecule has 0 aliphatic carbocycles. The summed E-state index contributed by atoms with van der Waals surface area (Å²) in [5, 5.41) is 10.0. The first-order chi connectivity index (χ1) is 11.5. The molecule has 0 fully saturated rings. The van der Waals surface area contributed by atoms with Crippen LogP contribution >= 0.6 is 0 Å². The number of ether oxygens (including phenoxy) is 2. The second-order valence-corrected chi connectivity index (χ2v) is 5.71. The quantitative estimate of drug-likeness (QED) is 0.681. The molecule has 5 heteroatoms. The van der Waals surface area contributed by atoms with E-state index >= 15 is 0 Å². The Kier molecular flexibility index (Phi) is 6.32. The van der Waals surface area contributed by atoms with Gasteiger partial charge in [0, 0.05) is 19.3 Å². The van der Waals surface area contributed by atoms with Gasteiger partial charge in [-0.05, 0) is 24.1 Å². The van der Waals surface area contributed by atoms with Gasteiger partial charge in [0.25, 0.3) is 0 Å². The van der Waals surface area contributed by atoms with Gasteiger partial charge >= 0.3 is 5.97 Å². The molecule has 5 nitrogen and oxygen atoms in total. The molecule has 0 bridgehead atoms. The van der Waals surface area contributed by atoms with Gasteiger partial charge in [0.15, 0.2) is 5.78 Å². The average molecular weight is 330 g/mol. The Bertz CT molecular complexity index is 647. The van der Waals surface area contributed by atoms with Crippen LogP contribution in [-0.2, 0) is 16.0 Å². The fourth-order valence-corrected chi connectivity index (χ4v) is 2.74. The van der Waals surface area contributed by atoms with E-state index in [4.69, 9.17) is 9.47 Å². The summed E-state index contributed by atoms with van der Waals surface area (Å²) < 4.78 is 10.8. The van der Waals surface area contributed by atoms with Crippen molar-refractivity contribution in [3.05, 3.63) is 54.1 Å². The Hall–Kier alpha value is -2.40. The summed E-state index contributed by atoms with van der Waals surface area (Å²) in [4.78, 5) is 24.5. The number of hydrogen-bond acceptors (Lipinski definition) is 5. The van der Waals surface area contributed by atoms with E-state index in [9.17, 15) is 14.7 Å². The van der Waals surface area contributed by atoms with E-state index in [1.54, 1.807) is 30.4 Å². The van der Waals surface area contributed by atoms with E-state index in [2.05, 4.69) is 6.58 Å². The highest BCUT2D eigenvalue weighted by Gasteiger charge is 2.24. The fraction of sp³-hybridized carbons (Fsp3) is 0.368. The van der Waals surface area contributed by atoms with Gasteiger partial charge in [-0.2, -0.15) is 0 Å². The number of aliphatic hydroxyl groups is 1. The van der Waals surface area contributed by atoms with Crippen LogP contribution in [0.15, 0.2) is 43.0 Å². The minimum Gasteiger partial charge on any atom is -0.496 e. The molecule has 1 heterocycles. The monoisotopic (exact) mass is 330 g/mol. The molecule has 0 amide bonds. The number of carbonyl (C=O) groups is 2. The van der Waals surface area contributed by atoms with Gasteiger partial charge in [-0.25, -0.2) is 4.79 Å². The van der Waals surface area contributed by atoms with E-state index in [-0.39, 0.29) is 18.6 Å². The van der Waals surface area contributed by atoms with Crippen molar-refractivity contribution in [3.63, 3.8) is 0 Å². The topological polar surface area (TPSA) is 72.8 Å². The highest BCUT2D eigenvalue weighted by molar-refractivity contribution is 5.95. The summed E-state index contributed by atoms with van der Waals surface area (Å²) in [6.07, 6.45) is 4.34. The summed E-state index contributed by atoms with van der Waals surface area (Å²) in [6.45, 7) is 3.65. The first kappa shape index (κ1) is 17.9. The van der Waals surface area contributed by atoms with Crippen molar-refractivity contribution in [1.82, 2.24) is 0 Å². The third-order valence-corrected chi connectivity index (χ3v) is 3.85. The van der Waals surface area contributed by atoms with Gasteiger partial charge in [-0.3, -0.25) is 4.79 Å². The highest BCUT2D eigenvalue weighted by Crippen LogP contribution is 2.26. The van der Waals surface area contributed by atoms with Crippen LogP contribution in [-0.4, -0.2) is 36.2 Å². The van der Waals surface area contributed by atoms with E-state index in [1.807, 2.05) is 0 Å².